The molecular formula is C17H20N4O2S. The van der Waals surface area contributed by atoms with Crippen LogP contribution in [-0.2, 0) is 29.1 Å². The van der Waals surface area contributed by atoms with Crippen LogP contribution in [0.2, 0.25) is 0 Å². The Bertz CT molecular complexity index is 716. The van der Waals surface area contributed by atoms with Gasteiger partial charge >= 0.3 is 0 Å². The van der Waals surface area contributed by atoms with Crippen molar-refractivity contribution in [2.45, 2.75) is 32.9 Å². The molecule has 3 rings (SSSR count). The SMILES string of the molecule is CCc1csc(CNC(=O)C2CC(=O)N(Cc3cccnc3)C2)n1. The summed E-state index contributed by atoms with van der Waals surface area (Å²) in [7, 11) is 0. The highest BCUT2D eigenvalue weighted by Gasteiger charge is 2.34. The minimum atomic E-state index is -0.292. The number of rotatable bonds is 6. The van der Waals surface area contributed by atoms with Crippen molar-refractivity contribution in [2.24, 2.45) is 5.92 Å². The van der Waals surface area contributed by atoms with Gasteiger partial charge < -0.3 is 10.2 Å². The Labute approximate surface area is 144 Å². The maximum Gasteiger partial charge on any atom is 0.225 e. The summed E-state index contributed by atoms with van der Waals surface area (Å²) in [5.74, 6) is -0.355. The molecule has 1 atom stereocenters. The van der Waals surface area contributed by atoms with Gasteiger partial charge in [-0.15, -0.1) is 11.3 Å². The molecule has 0 aliphatic carbocycles. The topological polar surface area (TPSA) is 75.2 Å². The van der Waals surface area contributed by atoms with Crippen LogP contribution < -0.4 is 5.32 Å². The number of thiazole rings is 1. The predicted octanol–water partition coefficient (Wildman–Crippen LogP) is 1.77. The van der Waals surface area contributed by atoms with Gasteiger partial charge in [-0.3, -0.25) is 14.6 Å². The third kappa shape index (κ3) is 3.97. The first-order valence-electron chi connectivity index (χ1n) is 8.03. The summed E-state index contributed by atoms with van der Waals surface area (Å²) < 4.78 is 0. The highest BCUT2D eigenvalue weighted by Crippen LogP contribution is 2.20. The standard InChI is InChI=1S/C17H20N4O2S/c1-2-14-11-24-15(20-14)8-19-17(23)13-6-16(22)21(10-13)9-12-4-3-5-18-7-12/h3-5,7,11,13H,2,6,8-10H2,1H3,(H,19,23). The van der Waals surface area contributed by atoms with Crippen molar-refractivity contribution in [3.63, 3.8) is 0 Å². The Morgan fingerprint density at radius 2 is 2.38 bits per heavy atom. The molecule has 2 aromatic rings. The van der Waals surface area contributed by atoms with Crippen LogP contribution in [0.1, 0.15) is 29.6 Å². The van der Waals surface area contributed by atoms with Crippen LogP contribution in [0.15, 0.2) is 29.9 Å². The second-order valence-corrected chi connectivity index (χ2v) is 6.78. The first kappa shape index (κ1) is 16.6. The molecule has 2 amide bonds. The van der Waals surface area contributed by atoms with Crippen molar-refractivity contribution in [1.29, 1.82) is 0 Å². The van der Waals surface area contributed by atoms with Gasteiger partial charge in [0.05, 0.1) is 18.2 Å². The summed E-state index contributed by atoms with van der Waals surface area (Å²) in [6.45, 7) is 3.44. The average Bonchev–Trinajstić information content (AvgIpc) is 3.21. The Kier molecular flexibility index (Phi) is 5.20. The van der Waals surface area contributed by atoms with E-state index >= 15 is 0 Å². The first-order valence-corrected chi connectivity index (χ1v) is 8.91. The number of carbonyl (C=O) groups is 2. The molecule has 0 radical (unpaired) electrons. The number of carbonyl (C=O) groups excluding carboxylic acids is 2. The fourth-order valence-electron chi connectivity index (χ4n) is 2.71. The molecule has 1 fully saturated rings. The quantitative estimate of drug-likeness (QED) is 0.866. The number of hydrogen-bond donors (Lipinski definition) is 1. The summed E-state index contributed by atoms with van der Waals surface area (Å²) in [6, 6.07) is 3.78. The zero-order valence-corrected chi connectivity index (χ0v) is 14.4. The van der Waals surface area contributed by atoms with Gasteiger partial charge in [-0.2, -0.15) is 0 Å². The molecule has 3 heterocycles. The van der Waals surface area contributed by atoms with Gasteiger partial charge in [-0.1, -0.05) is 13.0 Å². The Morgan fingerprint density at radius 1 is 1.50 bits per heavy atom. The molecule has 1 aliphatic heterocycles. The van der Waals surface area contributed by atoms with Crippen molar-refractivity contribution in [3.8, 4) is 0 Å². The van der Waals surface area contributed by atoms with Crippen molar-refractivity contribution >= 4 is 23.2 Å². The van der Waals surface area contributed by atoms with E-state index in [0.29, 0.717) is 19.6 Å². The first-order chi connectivity index (χ1) is 11.7. The molecular weight excluding hydrogens is 324 g/mol. The van der Waals surface area contributed by atoms with E-state index in [1.807, 2.05) is 17.5 Å². The Morgan fingerprint density at radius 3 is 3.08 bits per heavy atom. The molecule has 7 heteroatoms. The van der Waals surface area contributed by atoms with Crippen LogP contribution in [-0.4, -0.2) is 33.2 Å². The van der Waals surface area contributed by atoms with Gasteiger partial charge in [0, 0.05) is 37.3 Å². The number of amides is 2. The van der Waals surface area contributed by atoms with Gasteiger partial charge in [0.15, 0.2) is 0 Å². The molecule has 1 unspecified atom stereocenters. The number of likely N-dealkylation sites (tertiary alicyclic amines) is 1. The third-order valence-electron chi connectivity index (χ3n) is 4.06. The number of nitrogens with one attached hydrogen (secondary N) is 1. The summed E-state index contributed by atoms with van der Waals surface area (Å²) in [5, 5.41) is 5.81. The second kappa shape index (κ2) is 7.53. The lowest BCUT2D eigenvalue weighted by molar-refractivity contribution is -0.129. The molecule has 0 bridgehead atoms. The second-order valence-electron chi connectivity index (χ2n) is 5.84. The van der Waals surface area contributed by atoms with Crippen LogP contribution in [0.3, 0.4) is 0 Å². The summed E-state index contributed by atoms with van der Waals surface area (Å²) >= 11 is 1.55. The normalized spacial score (nSPS) is 17.3. The van der Waals surface area contributed by atoms with Crippen molar-refractivity contribution < 1.29 is 9.59 Å². The van der Waals surface area contributed by atoms with Gasteiger partial charge in [0.2, 0.25) is 11.8 Å². The van der Waals surface area contributed by atoms with Crippen molar-refractivity contribution in [3.05, 3.63) is 46.2 Å². The molecule has 0 saturated carbocycles. The van der Waals surface area contributed by atoms with Crippen LogP contribution in [0, 0.1) is 5.92 Å². The molecule has 6 nitrogen and oxygen atoms in total. The number of nitrogens with zero attached hydrogens (tertiary/aromatic N) is 3. The Hall–Kier alpha value is -2.28. The van der Waals surface area contributed by atoms with Gasteiger partial charge in [0.25, 0.3) is 0 Å². The van der Waals surface area contributed by atoms with Crippen molar-refractivity contribution in [2.75, 3.05) is 6.54 Å². The summed E-state index contributed by atoms with van der Waals surface area (Å²) in [6.07, 6.45) is 4.61. The van der Waals surface area contributed by atoms with E-state index in [2.05, 4.69) is 22.2 Å². The fraction of sp³-hybridized carbons (Fsp3) is 0.412. The van der Waals surface area contributed by atoms with Crippen LogP contribution in [0.5, 0.6) is 0 Å². The lowest BCUT2D eigenvalue weighted by Crippen LogP contribution is -2.32. The largest absolute Gasteiger partial charge is 0.349 e. The highest BCUT2D eigenvalue weighted by molar-refractivity contribution is 7.09. The molecule has 2 aromatic heterocycles. The molecule has 1 N–H and O–H groups in total. The van der Waals surface area contributed by atoms with E-state index in [4.69, 9.17) is 0 Å². The van der Waals surface area contributed by atoms with Crippen LogP contribution in [0.4, 0.5) is 0 Å². The van der Waals surface area contributed by atoms with Gasteiger partial charge in [-0.05, 0) is 18.1 Å². The van der Waals surface area contributed by atoms with E-state index in [-0.39, 0.29) is 24.2 Å². The van der Waals surface area contributed by atoms with Crippen LogP contribution in [0.25, 0.3) is 0 Å². The molecule has 0 aromatic carbocycles. The Balaban J connectivity index is 1.52. The zero-order valence-electron chi connectivity index (χ0n) is 13.6. The molecule has 24 heavy (non-hydrogen) atoms. The smallest absolute Gasteiger partial charge is 0.225 e. The van der Waals surface area contributed by atoms with Crippen molar-refractivity contribution in [1.82, 2.24) is 20.2 Å². The molecule has 126 valence electrons. The van der Waals surface area contributed by atoms with E-state index < -0.39 is 0 Å². The third-order valence-corrected chi connectivity index (χ3v) is 4.95. The van der Waals surface area contributed by atoms with Crippen LogP contribution >= 0.6 is 11.3 Å². The summed E-state index contributed by atoms with van der Waals surface area (Å²) in [4.78, 5) is 34.6. The van der Waals surface area contributed by atoms with E-state index in [0.717, 1.165) is 22.7 Å². The minimum absolute atomic E-state index is 0.0153. The van der Waals surface area contributed by atoms with E-state index in [1.165, 1.54) is 0 Å². The maximum atomic E-state index is 12.3. The predicted molar refractivity (Wildman–Crippen MR) is 91.1 cm³/mol. The fourth-order valence-corrected chi connectivity index (χ4v) is 3.53. The number of hydrogen-bond acceptors (Lipinski definition) is 5. The number of aromatic nitrogens is 2. The zero-order chi connectivity index (χ0) is 16.9. The van der Waals surface area contributed by atoms with Gasteiger partial charge in [-0.25, -0.2) is 4.98 Å². The maximum absolute atomic E-state index is 12.3. The number of aryl methyl sites for hydroxylation is 1. The minimum Gasteiger partial charge on any atom is -0.349 e. The lowest BCUT2D eigenvalue weighted by atomic mass is 10.1. The molecule has 1 saturated heterocycles. The highest BCUT2D eigenvalue weighted by atomic mass is 32.1. The molecule has 1 aliphatic rings. The van der Waals surface area contributed by atoms with E-state index in [9.17, 15) is 9.59 Å². The monoisotopic (exact) mass is 344 g/mol. The number of pyridine rings is 1. The van der Waals surface area contributed by atoms with E-state index in [1.54, 1.807) is 28.6 Å². The molecule has 0 spiro atoms. The lowest BCUT2D eigenvalue weighted by Gasteiger charge is -2.16. The summed E-state index contributed by atoms with van der Waals surface area (Å²) in [5.41, 5.74) is 2.02. The van der Waals surface area contributed by atoms with Gasteiger partial charge in [0.1, 0.15) is 5.01 Å². The average molecular weight is 344 g/mol.